The summed E-state index contributed by atoms with van der Waals surface area (Å²) in [5.41, 5.74) is 1.82. The van der Waals surface area contributed by atoms with Gasteiger partial charge in [0.1, 0.15) is 17.4 Å². The number of aryl methyl sites for hydroxylation is 1. The van der Waals surface area contributed by atoms with Crippen molar-refractivity contribution in [3.8, 4) is 5.75 Å². The third kappa shape index (κ3) is 5.27. The van der Waals surface area contributed by atoms with Gasteiger partial charge in [0.15, 0.2) is 0 Å². The molecule has 0 radical (unpaired) electrons. The van der Waals surface area contributed by atoms with Crippen molar-refractivity contribution in [2.75, 3.05) is 45.2 Å². The van der Waals surface area contributed by atoms with Crippen molar-refractivity contribution in [1.82, 2.24) is 9.80 Å². The summed E-state index contributed by atoms with van der Waals surface area (Å²) in [6.07, 6.45) is 0. The number of carbonyl (C=O) groups is 1. The highest BCUT2D eigenvalue weighted by atomic mass is 19.1. The lowest BCUT2D eigenvalue weighted by Crippen LogP contribution is -2.48. The Morgan fingerprint density at radius 2 is 1.79 bits per heavy atom. The zero-order chi connectivity index (χ0) is 20.1. The normalized spacial score (nSPS) is 15.4. The highest BCUT2D eigenvalue weighted by Crippen LogP contribution is 2.21. The van der Waals surface area contributed by atoms with Crippen LogP contribution < -0.4 is 10.1 Å². The maximum absolute atomic E-state index is 13.6. The van der Waals surface area contributed by atoms with Gasteiger partial charge in [-0.05, 0) is 42.8 Å². The fourth-order valence-electron chi connectivity index (χ4n) is 3.29. The summed E-state index contributed by atoms with van der Waals surface area (Å²) < 4.78 is 32.4. The van der Waals surface area contributed by atoms with Crippen molar-refractivity contribution < 1.29 is 18.3 Å². The summed E-state index contributed by atoms with van der Waals surface area (Å²) in [4.78, 5) is 16.5. The van der Waals surface area contributed by atoms with Gasteiger partial charge < -0.3 is 10.1 Å². The Morgan fingerprint density at radius 1 is 1.07 bits per heavy atom. The quantitative estimate of drug-likeness (QED) is 0.825. The highest BCUT2D eigenvalue weighted by Gasteiger charge is 2.20. The van der Waals surface area contributed by atoms with Crippen LogP contribution in [0.1, 0.15) is 11.1 Å². The molecule has 0 spiro atoms. The SMILES string of the molecule is COc1ccc(F)cc1CN1CCN(CC(=O)Nc2ccc(C)c(F)c2)CC1. The third-order valence-corrected chi connectivity index (χ3v) is 4.92. The smallest absolute Gasteiger partial charge is 0.238 e. The highest BCUT2D eigenvalue weighted by molar-refractivity contribution is 5.92. The Bertz CT molecular complexity index is 836. The Hall–Kier alpha value is -2.51. The van der Waals surface area contributed by atoms with Gasteiger partial charge in [0, 0.05) is 44.0 Å². The third-order valence-electron chi connectivity index (χ3n) is 4.92. The van der Waals surface area contributed by atoms with Crippen molar-refractivity contribution >= 4 is 11.6 Å². The first-order valence-corrected chi connectivity index (χ1v) is 9.28. The molecule has 1 N–H and O–H groups in total. The molecule has 2 aromatic carbocycles. The van der Waals surface area contributed by atoms with Crippen LogP contribution in [-0.4, -0.2) is 55.5 Å². The largest absolute Gasteiger partial charge is 0.496 e. The summed E-state index contributed by atoms with van der Waals surface area (Å²) >= 11 is 0. The fraction of sp³-hybridized carbons (Fsp3) is 0.381. The van der Waals surface area contributed by atoms with Crippen molar-refractivity contribution in [1.29, 1.82) is 0 Å². The van der Waals surface area contributed by atoms with E-state index in [0.29, 0.717) is 23.5 Å². The van der Waals surface area contributed by atoms with Crippen molar-refractivity contribution in [3.05, 3.63) is 59.2 Å². The van der Waals surface area contributed by atoms with Gasteiger partial charge in [0.2, 0.25) is 5.91 Å². The predicted octanol–water partition coefficient (Wildman–Crippen LogP) is 3.04. The molecular formula is C21H25F2N3O2. The molecule has 0 unspecified atom stereocenters. The van der Waals surface area contributed by atoms with E-state index in [1.54, 1.807) is 32.2 Å². The first-order valence-electron chi connectivity index (χ1n) is 9.28. The standard InChI is InChI=1S/C21H25F2N3O2/c1-15-3-5-18(12-19(15)23)24-21(27)14-26-9-7-25(8-10-26)13-16-11-17(22)4-6-20(16)28-2/h3-6,11-12H,7-10,13-14H2,1-2H3,(H,24,27). The molecule has 0 bridgehead atoms. The van der Waals surface area contributed by atoms with E-state index < -0.39 is 0 Å². The van der Waals surface area contributed by atoms with Crippen LogP contribution in [0.5, 0.6) is 5.75 Å². The number of nitrogens with zero attached hydrogens (tertiary/aromatic N) is 2. The van der Waals surface area contributed by atoms with E-state index in [-0.39, 0.29) is 24.1 Å². The number of anilines is 1. The van der Waals surface area contributed by atoms with Gasteiger partial charge in [0.05, 0.1) is 13.7 Å². The van der Waals surface area contributed by atoms with E-state index in [1.807, 2.05) is 0 Å². The monoisotopic (exact) mass is 389 g/mol. The zero-order valence-corrected chi connectivity index (χ0v) is 16.2. The maximum atomic E-state index is 13.6. The van der Waals surface area contributed by atoms with Crippen molar-refractivity contribution in [2.24, 2.45) is 0 Å². The van der Waals surface area contributed by atoms with Crippen LogP contribution in [0.25, 0.3) is 0 Å². The van der Waals surface area contributed by atoms with E-state index in [0.717, 1.165) is 31.7 Å². The lowest BCUT2D eigenvalue weighted by atomic mass is 10.1. The molecule has 1 amide bonds. The minimum absolute atomic E-state index is 0.163. The summed E-state index contributed by atoms with van der Waals surface area (Å²) in [7, 11) is 1.58. The second-order valence-electron chi connectivity index (χ2n) is 7.02. The van der Waals surface area contributed by atoms with Gasteiger partial charge in [-0.2, -0.15) is 0 Å². The number of amides is 1. The van der Waals surface area contributed by atoms with Gasteiger partial charge in [-0.1, -0.05) is 6.07 Å². The molecule has 1 heterocycles. The zero-order valence-electron chi connectivity index (χ0n) is 16.2. The molecule has 0 saturated carbocycles. The van der Waals surface area contributed by atoms with Gasteiger partial charge >= 0.3 is 0 Å². The van der Waals surface area contributed by atoms with E-state index in [1.165, 1.54) is 18.2 Å². The molecule has 0 aromatic heterocycles. The molecular weight excluding hydrogens is 364 g/mol. The van der Waals surface area contributed by atoms with Gasteiger partial charge in [-0.15, -0.1) is 0 Å². The molecule has 5 nitrogen and oxygen atoms in total. The van der Waals surface area contributed by atoms with Crippen molar-refractivity contribution in [3.63, 3.8) is 0 Å². The Balaban J connectivity index is 1.48. The molecule has 7 heteroatoms. The fourth-order valence-corrected chi connectivity index (χ4v) is 3.29. The number of methoxy groups -OCH3 is 1. The van der Waals surface area contributed by atoms with E-state index >= 15 is 0 Å². The summed E-state index contributed by atoms with van der Waals surface area (Å²) in [6.45, 7) is 5.54. The molecule has 150 valence electrons. The number of hydrogen-bond donors (Lipinski definition) is 1. The lowest BCUT2D eigenvalue weighted by Gasteiger charge is -2.34. The molecule has 3 rings (SSSR count). The minimum atomic E-state index is -0.334. The van der Waals surface area contributed by atoms with Crippen LogP contribution in [0.3, 0.4) is 0 Å². The van der Waals surface area contributed by atoms with Gasteiger partial charge in [-0.25, -0.2) is 8.78 Å². The van der Waals surface area contributed by atoms with E-state index in [4.69, 9.17) is 4.74 Å². The molecule has 0 atom stereocenters. The molecule has 1 aliphatic rings. The maximum Gasteiger partial charge on any atom is 0.238 e. The van der Waals surface area contributed by atoms with Crippen LogP contribution >= 0.6 is 0 Å². The Morgan fingerprint density at radius 3 is 2.46 bits per heavy atom. The summed E-state index contributed by atoms with van der Waals surface area (Å²) in [5, 5.41) is 2.74. The number of hydrogen-bond acceptors (Lipinski definition) is 4. The number of rotatable bonds is 6. The molecule has 0 aliphatic carbocycles. The average molecular weight is 389 g/mol. The molecule has 1 aliphatic heterocycles. The Kier molecular flexibility index (Phi) is 6.59. The first kappa shape index (κ1) is 20.2. The molecule has 1 fully saturated rings. The van der Waals surface area contributed by atoms with Gasteiger partial charge in [0.25, 0.3) is 0 Å². The van der Waals surface area contributed by atoms with Crippen LogP contribution in [0.4, 0.5) is 14.5 Å². The van der Waals surface area contributed by atoms with E-state index in [2.05, 4.69) is 15.1 Å². The lowest BCUT2D eigenvalue weighted by molar-refractivity contribution is -0.117. The van der Waals surface area contributed by atoms with Crippen LogP contribution in [0, 0.1) is 18.6 Å². The molecule has 2 aromatic rings. The predicted molar refractivity (Wildman–Crippen MR) is 104 cm³/mol. The minimum Gasteiger partial charge on any atom is -0.496 e. The second-order valence-corrected chi connectivity index (χ2v) is 7.02. The number of piperazine rings is 1. The number of benzene rings is 2. The van der Waals surface area contributed by atoms with Crippen LogP contribution in [-0.2, 0) is 11.3 Å². The Labute approximate surface area is 163 Å². The second kappa shape index (κ2) is 9.12. The average Bonchev–Trinajstić information content (AvgIpc) is 2.66. The topological polar surface area (TPSA) is 44.8 Å². The number of halogens is 2. The molecule has 28 heavy (non-hydrogen) atoms. The van der Waals surface area contributed by atoms with Crippen molar-refractivity contribution in [2.45, 2.75) is 13.5 Å². The summed E-state index contributed by atoms with van der Waals surface area (Å²) in [6, 6.07) is 9.19. The summed E-state index contributed by atoms with van der Waals surface area (Å²) in [5.74, 6) is -0.102. The number of nitrogens with one attached hydrogen (secondary N) is 1. The van der Waals surface area contributed by atoms with Crippen LogP contribution in [0.15, 0.2) is 36.4 Å². The first-order chi connectivity index (χ1) is 13.4. The van der Waals surface area contributed by atoms with E-state index in [9.17, 15) is 13.6 Å². The number of carbonyl (C=O) groups excluding carboxylic acids is 1. The number of ether oxygens (including phenoxy) is 1. The molecule has 1 saturated heterocycles. The van der Waals surface area contributed by atoms with Gasteiger partial charge in [-0.3, -0.25) is 14.6 Å². The van der Waals surface area contributed by atoms with Crippen LogP contribution in [0.2, 0.25) is 0 Å².